The number of hydrogen-bond acceptors (Lipinski definition) is 5. The summed E-state index contributed by atoms with van der Waals surface area (Å²) in [6, 6.07) is 2.75. The van der Waals surface area contributed by atoms with Crippen LogP contribution in [0.1, 0.15) is 101 Å². The van der Waals surface area contributed by atoms with Gasteiger partial charge < -0.3 is 9.47 Å². The third-order valence-corrected chi connectivity index (χ3v) is 4.93. The van der Waals surface area contributed by atoms with Crippen LogP contribution in [0, 0.1) is 10.1 Å². The topological polar surface area (TPSA) is 78.7 Å². The quantitative estimate of drug-likeness (QED) is 0.115. The Labute approximate surface area is 175 Å². The molecule has 0 aliphatic rings. The van der Waals surface area contributed by atoms with Gasteiger partial charge in [-0.05, 0) is 12.8 Å². The number of nitro benzene ring substituents is 1. The van der Waals surface area contributed by atoms with E-state index in [0.29, 0.717) is 31.0 Å². The van der Waals surface area contributed by atoms with Gasteiger partial charge >= 0.3 is 0 Å². The Balaban J connectivity index is 2.63. The molecule has 0 unspecified atom stereocenters. The summed E-state index contributed by atoms with van der Waals surface area (Å²) in [6.45, 7) is 5.37. The summed E-state index contributed by atoms with van der Waals surface area (Å²) in [6.07, 6.45) is 14.2. The van der Waals surface area contributed by atoms with Crippen LogP contribution in [-0.4, -0.2) is 24.4 Å². The zero-order chi connectivity index (χ0) is 21.3. The van der Waals surface area contributed by atoms with Crippen molar-refractivity contribution in [3.05, 3.63) is 27.8 Å². The minimum atomic E-state index is -0.557. The standard InChI is InChI=1S/C23H37NO5/c1-3-5-7-9-11-13-15-28-22-17-20(19-25)21(24(26)27)18-23(22)29-16-14-12-10-8-6-4-2/h17-19H,3-16H2,1-2H3. The van der Waals surface area contributed by atoms with Gasteiger partial charge in [0.15, 0.2) is 17.8 Å². The van der Waals surface area contributed by atoms with Crippen LogP contribution in [-0.2, 0) is 0 Å². The summed E-state index contributed by atoms with van der Waals surface area (Å²) in [5.41, 5.74) is -0.232. The fourth-order valence-corrected chi connectivity index (χ4v) is 3.17. The molecule has 1 aromatic carbocycles. The molecule has 6 heteroatoms. The summed E-state index contributed by atoms with van der Waals surface area (Å²) >= 11 is 0. The van der Waals surface area contributed by atoms with E-state index >= 15 is 0 Å². The fraction of sp³-hybridized carbons (Fsp3) is 0.696. The number of carbonyl (C=O) groups excluding carboxylic acids is 1. The van der Waals surface area contributed by atoms with Gasteiger partial charge in [0.05, 0.1) is 29.8 Å². The van der Waals surface area contributed by atoms with Crippen molar-refractivity contribution in [2.75, 3.05) is 13.2 Å². The van der Waals surface area contributed by atoms with Gasteiger partial charge in [-0.15, -0.1) is 0 Å². The van der Waals surface area contributed by atoms with Crippen LogP contribution < -0.4 is 9.47 Å². The molecule has 1 aromatic rings. The number of carbonyl (C=O) groups is 1. The van der Waals surface area contributed by atoms with Gasteiger partial charge in [0.1, 0.15) is 0 Å². The molecule has 0 amide bonds. The van der Waals surface area contributed by atoms with Crippen LogP contribution in [0.15, 0.2) is 12.1 Å². The van der Waals surface area contributed by atoms with E-state index in [0.717, 1.165) is 25.7 Å². The zero-order valence-corrected chi connectivity index (χ0v) is 18.1. The maximum absolute atomic E-state index is 11.3. The van der Waals surface area contributed by atoms with Gasteiger partial charge in [0.2, 0.25) is 0 Å². The molecule has 0 N–H and O–H groups in total. The van der Waals surface area contributed by atoms with Gasteiger partial charge in [-0.2, -0.15) is 0 Å². The van der Waals surface area contributed by atoms with E-state index < -0.39 is 4.92 Å². The van der Waals surface area contributed by atoms with E-state index in [1.807, 2.05) is 0 Å². The third-order valence-electron chi connectivity index (χ3n) is 4.93. The van der Waals surface area contributed by atoms with Gasteiger partial charge in [-0.1, -0.05) is 78.1 Å². The smallest absolute Gasteiger partial charge is 0.283 e. The van der Waals surface area contributed by atoms with Crippen molar-refractivity contribution < 1.29 is 19.2 Å². The lowest BCUT2D eigenvalue weighted by Gasteiger charge is -2.14. The van der Waals surface area contributed by atoms with E-state index in [1.54, 1.807) is 0 Å². The molecule has 0 fully saturated rings. The first kappa shape index (κ1) is 24.9. The van der Waals surface area contributed by atoms with E-state index in [1.165, 1.54) is 63.5 Å². The Hall–Kier alpha value is -2.11. The van der Waals surface area contributed by atoms with E-state index in [4.69, 9.17) is 9.47 Å². The summed E-state index contributed by atoms with van der Waals surface area (Å²) < 4.78 is 11.6. The maximum Gasteiger partial charge on any atom is 0.283 e. The minimum Gasteiger partial charge on any atom is -0.490 e. The second-order valence-electron chi connectivity index (χ2n) is 7.47. The summed E-state index contributed by atoms with van der Waals surface area (Å²) in [5, 5.41) is 11.3. The molecule has 0 aromatic heterocycles. The lowest BCUT2D eigenvalue weighted by molar-refractivity contribution is -0.385. The average Bonchev–Trinajstić information content (AvgIpc) is 2.72. The molecule has 0 spiro atoms. The number of benzene rings is 1. The molecule has 0 atom stereocenters. The molecule has 1 rings (SSSR count). The lowest BCUT2D eigenvalue weighted by Crippen LogP contribution is -2.05. The predicted molar refractivity (Wildman–Crippen MR) is 116 cm³/mol. The Morgan fingerprint density at radius 1 is 0.793 bits per heavy atom. The van der Waals surface area contributed by atoms with Crippen molar-refractivity contribution in [1.29, 1.82) is 0 Å². The van der Waals surface area contributed by atoms with Crippen LogP contribution >= 0.6 is 0 Å². The highest BCUT2D eigenvalue weighted by molar-refractivity contribution is 5.83. The fourth-order valence-electron chi connectivity index (χ4n) is 3.17. The molecule has 0 radical (unpaired) electrons. The van der Waals surface area contributed by atoms with Crippen molar-refractivity contribution in [2.45, 2.75) is 90.9 Å². The molecule has 0 bridgehead atoms. The van der Waals surface area contributed by atoms with Gasteiger partial charge in [-0.25, -0.2) is 0 Å². The third kappa shape index (κ3) is 10.3. The Morgan fingerprint density at radius 3 is 1.69 bits per heavy atom. The largest absolute Gasteiger partial charge is 0.490 e. The molecular weight excluding hydrogens is 370 g/mol. The van der Waals surface area contributed by atoms with Crippen LogP contribution in [0.4, 0.5) is 5.69 Å². The molecule has 0 aliphatic carbocycles. The van der Waals surface area contributed by atoms with Gasteiger partial charge in [-0.3, -0.25) is 14.9 Å². The van der Waals surface area contributed by atoms with Crippen LogP contribution in [0.25, 0.3) is 0 Å². The summed E-state index contributed by atoms with van der Waals surface area (Å²) in [7, 11) is 0. The molecule has 0 saturated heterocycles. The van der Waals surface area contributed by atoms with E-state index in [2.05, 4.69) is 13.8 Å². The highest BCUT2D eigenvalue weighted by Crippen LogP contribution is 2.34. The number of hydrogen-bond donors (Lipinski definition) is 0. The Kier molecular flexibility index (Phi) is 13.6. The van der Waals surface area contributed by atoms with Crippen LogP contribution in [0.2, 0.25) is 0 Å². The second kappa shape index (κ2) is 15.8. The van der Waals surface area contributed by atoms with Crippen LogP contribution in [0.3, 0.4) is 0 Å². The second-order valence-corrected chi connectivity index (χ2v) is 7.47. The molecular formula is C23H37NO5. The van der Waals surface area contributed by atoms with Gasteiger partial charge in [0, 0.05) is 6.07 Å². The Morgan fingerprint density at radius 2 is 1.24 bits per heavy atom. The normalized spacial score (nSPS) is 10.7. The van der Waals surface area contributed by atoms with Crippen molar-refractivity contribution in [3.63, 3.8) is 0 Å². The van der Waals surface area contributed by atoms with Crippen molar-refractivity contribution >= 4 is 12.0 Å². The van der Waals surface area contributed by atoms with Crippen molar-refractivity contribution in [3.8, 4) is 11.5 Å². The van der Waals surface area contributed by atoms with Crippen molar-refractivity contribution in [1.82, 2.24) is 0 Å². The molecule has 0 aliphatic heterocycles. The van der Waals surface area contributed by atoms with Gasteiger partial charge in [0.25, 0.3) is 5.69 Å². The first-order valence-corrected chi connectivity index (χ1v) is 11.2. The van der Waals surface area contributed by atoms with E-state index in [-0.39, 0.29) is 11.3 Å². The molecule has 164 valence electrons. The first-order valence-electron chi connectivity index (χ1n) is 11.2. The molecule has 0 heterocycles. The van der Waals surface area contributed by atoms with Crippen LogP contribution in [0.5, 0.6) is 11.5 Å². The predicted octanol–water partition coefficient (Wildman–Crippen LogP) is 6.89. The zero-order valence-electron chi connectivity index (χ0n) is 18.1. The monoisotopic (exact) mass is 407 g/mol. The minimum absolute atomic E-state index is 0.0138. The number of ether oxygens (including phenoxy) is 2. The number of unbranched alkanes of at least 4 members (excludes halogenated alkanes) is 10. The highest BCUT2D eigenvalue weighted by atomic mass is 16.6. The SMILES string of the molecule is CCCCCCCCOc1cc(C=O)c([N+](=O)[O-])cc1OCCCCCCCC. The number of aldehydes is 1. The first-order chi connectivity index (χ1) is 14.1. The number of nitro groups is 1. The van der Waals surface area contributed by atoms with E-state index in [9.17, 15) is 14.9 Å². The maximum atomic E-state index is 11.3. The molecule has 0 saturated carbocycles. The molecule has 6 nitrogen and oxygen atoms in total. The summed E-state index contributed by atoms with van der Waals surface area (Å²) in [5.74, 6) is 0.763. The highest BCUT2D eigenvalue weighted by Gasteiger charge is 2.19. The summed E-state index contributed by atoms with van der Waals surface area (Å²) in [4.78, 5) is 22.0. The Bertz CT molecular complexity index is 603. The number of rotatable bonds is 18. The molecule has 29 heavy (non-hydrogen) atoms. The number of nitrogens with zero attached hydrogens (tertiary/aromatic N) is 1. The lowest BCUT2D eigenvalue weighted by atomic mass is 10.1. The average molecular weight is 408 g/mol. The van der Waals surface area contributed by atoms with Crippen molar-refractivity contribution in [2.24, 2.45) is 0 Å².